The summed E-state index contributed by atoms with van der Waals surface area (Å²) < 4.78 is 36.6. The lowest BCUT2D eigenvalue weighted by atomic mass is 9.98. The number of likely N-dealkylation sites (tertiary alicyclic amines) is 1. The number of nitrogens with one attached hydrogen (secondary N) is 3. The molecule has 3 aliphatic heterocycles. The second-order valence-electron chi connectivity index (χ2n) is 10.6. The summed E-state index contributed by atoms with van der Waals surface area (Å²) in [6, 6.07) is 17.6. The summed E-state index contributed by atoms with van der Waals surface area (Å²) in [5, 5.41) is 8.74. The zero-order valence-corrected chi connectivity index (χ0v) is 23.9. The molecule has 2 atom stereocenters. The van der Waals surface area contributed by atoms with Gasteiger partial charge in [0.25, 0.3) is 5.91 Å². The highest BCUT2D eigenvalue weighted by atomic mass is 32.2. The third kappa shape index (κ3) is 6.66. The summed E-state index contributed by atoms with van der Waals surface area (Å²) in [4.78, 5) is 42.3. The van der Waals surface area contributed by atoms with E-state index < -0.39 is 43.0 Å². The van der Waals surface area contributed by atoms with E-state index in [0.29, 0.717) is 17.1 Å². The lowest BCUT2D eigenvalue weighted by Gasteiger charge is -2.24. The van der Waals surface area contributed by atoms with Crippen LogP contribution in [0.15, 0.2) is 70.5 Å². The second-order valence-corrected chi connectivity index (χ2v) is 11.6. The van der Waals surface area contributed by atoms with Crippen molar-refractivity contribution < 1.29 is 32.6 Å². The van der Waals surface area contributed by atoms with Crippen LogP contribution in [0.2, 0.25) is 0 Å². The molecule has 3 aromatic carbocycles. The molecule has 3 amide bonds. The quantitative estimate of drug-likeness (QED) is 0.279. The fourth-order valence-electron chi connectivity index (χ4n) is 5.55. The van der Waals surface area contributed by atoms with E-state index in [1.165, 1.54) is 27.8 Å². The topological polar surface area (TPSA) is 109 Å². The van der Waals surface area contributed by atoms with Crippen LogP contribution in [0.1, 0.15) is 33.5 Å². The zero-order chi connectivity index (χ0) is 29.9. The summed E-state index contributed by atoms with van der Waals surface area (Å²) in [6.45, 7) is -1.74. The van der Waals surface area contributed by atoms with Crippen LogP contribution in [-0.2, 0) is 33.8 Å². The molecule has 1 saturated heterocycles. The van der Waals surface area contributed by atoms with Crippen LogP contribution in [0.25, 0.3) is 0 Å². The van der Waals surface area contributed by atoms with Crippen LogP contribution in [0.4, 0.5) is 8.78 Å². The zero-order valence-electron chi connectivity index (χ0n) is 23.1. The molecule has 0 saturated carbocycles. The fraction of sp³-hybridized carbons (Fsp3) is 0.323. The molecule has 3 heterocycles. The average Bonchev–Trinajstić information content (AvgIpc) is 3.44. The van der Waals surface area contributed by atoms with E-state index in [0.717, 1.165) is 34.9 Å². The molecule has 12 heteroatoms. The highest BCUT2D eigenvalue weighted by molar-refractivity contribution is 7.99. The molecule has 224 valence electrons. The molecule has 43 heavy (non-hydrogen) atoms. The van der Waals surface area contributed by atoms with Crippen LogP contribution in [-0.4, -0.2) is 61.0 Å². The number of carbonyl (C=O) groups excluding carboxylic acids is 3. The van der Waals surface area contributed by atoms with E-state index in [2.05, 4.69) is 20.7 Å². The standard InChI is InChI=1S/C31H30F2N4O5S/c32-31(33)41-22-13-23(30(40)35-14-18-5-6-19-9-10-34-15-21(19)11-18)37(17-22)28(38)16-36-29(39)20-7-8-27-25(12-20)42-24-3-1-2-4-26(24)43-27/h1-8,11-12,22-23,31,34H,9-10,13-17H2,(H,35,40)(H,36,39)/t22-,23+/m1/s1. The van der Waals surface area contributed by atoms with Gasteiger partial charge < -0.3 is 30.3 Å². The van der Waals surface area contributed by atoms with Gasteiger partial charge in [0.15, 0.2) is 0 Å². The van der Waals surface area contributed by atoms with Crippen molar-refractivity contribution in [3.05, 3.63) is 82.9 Å². The molecule has 6 rings (SSSR count). The van der Waals surface area contributed by atoms with Crippen molar-refractivity contribution in [2.45, 2.75) is 54.5 Å². The summed E-state index contributed by atoms with van der Waals surface area (Å²) in [5.74, 6) is -0.338. The Morgan fingerprint density at radius 1 is 1.02 bits per heavy atom. The van der Waals surface area contributed by atoms with E-state index in [9.17, 15) is 23.2 Å². The van der Waals surface area contributed by atoms with E-state index in [1.807, 2.05) is 42.5 Å². The molecule has 9 nitrogen and oxygen atoms in total. The van der Waals surface area contributed by atoms with Crippen LogP contribution >= 0.6 is 11.8 Å². The number of para-hydroxylation sites is 1. The molecular weight excluding hydrogens is 578 g/mol. The Bertz CT molecular complexity index is 1550. The lowest BCUT2D eigenvalue weighted by molar-refractivity contribution is -0.160. The van der Waals surface area contributed by atoms with Crippen molar-refractivity contribution in [1.82, 2.24) is 20.9 Å². The van der Waals surface area contributed by atoms with Gasteiger partial charge >= 0.3 is 6.61 Å². The van der Waals surface area contributed by atoms with Crippen molar-refractivity contribution in [2.75, 3.05) is 19.6 Å². The largest absolute Gasteiger partial charge is 0.455 e. The van der Waals surface area contributed by atoms with E-state index in [-0.39, 0.29) is 19.5 Å². The Hall–Kier alpha value is -4.00. The number of halogens is 2. The summed E-state index contributed by atoms with van der Waals surface area (Å²) >= 11 is 1.53. The first kappa shape index (κ1) is 29.1. The number of alkyl halides is 2. The molecule has 0 aromatic heterocycles. The van der Waals surface area contributed by atoms with Crippen LogP contribution in [0.5, 0.6) is 11.5 Å². The highest BCUT2D eigenvalue weighted by Gasteiger charge is 2.41. The van der Waals surface area contributed by atoms with Gasteiger partial charge in [-0.05, 0) is 60.0 Å². The summed E-state index contributed by atoms with van der Waals surface area (Å²) in [5.41, 5.74) is 3.63. The predicted molar refractivity (Wildman–Crippen MR) is 154 cm³/mol. The molecule has 3 aromatic rings. The van der Waals surface area contributed by atoms with Gasteiger partial charge in [-0.1, -0.05) is 42.1 Å². The third-order valence-corrected chi connectivity index (χ3v) is 8.81. The van der Waals surface area contributed by atoms with Crippen molar-refractivity contribution in [2.24, 2.45) is 0 Å². The molecular formula is C31H30F2N4O5S. The van der Waals surface area contributed by atoms with E-state index in [1.54, 1.807) is 18.2 Å². The summed E-state index contributed by atoms with van der Waals surface area (Å²) in [6.07, 6.45) is -0.147. The van der Waals surface area contributed by atoms with Gasteiger partial charge in [0.2, 0.25) is 11.8 Å². The van der Waals surface area contributed by atoms with Gasteiger partial charge in [-0.3, -0.25) is 14.4 Å². The Morgan fingerprint density at radius 3 is 2.72 bits per heavy atom. The smallest absolute Gasteiger partial charge is 0.345 e. The van der Waals surface area contributed by atoms with Crippen molar-refractivity contribution in [3.8, 4) is 11.5 Å². The Labute approximate surface area is 251 Å². The predicted octanol–water partition coefficient (Wildman–Crippen LogP) is 3.84. The van der Waals surface area contributed by atoms with Crippen LogP contribution in [0.3, 0.4) is 0 Å². The average molecular weight is 609 g/mol. The van der Waals surface area contributed by atoms with Gasteiger partial charge in [0.1, 0.15) is 17.5 Å². The molecule has 0 unspecified atom stereocenters. The molecule has 3 aliphatic rings. The molecule has 0 bridgehead atoms. The van der Waals surface area contributed by atoms with Crippen LogP contribution < -0.4 is 20.7 Å². The number of benzene rings is 3. The Kier molecular flexibility index (Phi) is 8.59. The maximum atomic E-state index is 13.2. The highest BCUT2D eigenvalue weighted by Crippen LogP contribution is 2.46. The maximum Gasteiger partial charge on any atom is 0.345 e. The maximum absolute atomic E-state index is 13.2. The van der Waals surface area contributed by atoms with Crippen molar-refractivity contribution >= 4 is 29.5 Å². The Morgan fingerprint density at radius 2 is 1.86 bits per heavy atom. The lowest BCUT2D eigenvalue weighted by Crippen LogP contribution is -2.49. The van der Waals surface area contributed by atoms with Gasteiger partial charge in [-0.15, -0.1) is 0 Å². The SMILES string of the molecule is O=C(NCC(=O)N1C[C@H](OC(F)F)C[C@H]1C(=O)NCc1ccc2c(c1)CNCC2)c1ccc2c(c1)Oc1ccccc1S2. The number of hydrogen-bond acceptors (Lipinski definition) is 7. The minimum absolute atomic E-state index is 0.0781. The van der Waals surface area contributed by atoms with Gasteiger partial charge in [0, 0.05) is 31.6 Å². The number of amides is 3. The number of carbonyl (C=O) groups is 3. The molecule has 0 aliphatic carbocycles. The Balaban J connectivity index is 1.08. The van der Waals surface area contributed by atoms with Crippen molar-refractivity contribution in [3.63, 3.8) is 0 Å². The van der Waals surface area contributed by atoms with Gasteiger partial charge in [-0.2, -0.15) is 8.78 Å². The van der Waals surface area contributed by atoms with Gasteiger partial charge in [0.05, 0.1) is 22.4 Å². The van der Waals surface area contributed by atoms with E-state index >= 15 is 0 Å². The second kappa shape index (κ2) is 12.7. The van der Waals surface area contributed by atoms with Crippen molar-refractivity contribution in [1.29, 1.82) is 0 Å². The molecule has 3 N–H and O–H groups in total. The number of nitrogens with zero attached hydrogens (tertiary/aromatic N) is 1. The monoisotopic (exact) mass is 608 g/mol. The molecule has 0 spiro atoms. The number of fused-ring (bicyclic) bond motifs is 3. The molecule has 1 fully saturated rings. The van der Waals surface area contributed by atoms with Crippen LogP contribution in [0, 0.1) is 0 Å². The fourth-order valence-corrected chi connectivity index (χ4v) is 6.48. The first-order valence-corrected chi connectivity index (χ1v) is 14.8. The van der Waals surface area contributed by atoms with E-state index in [4.69, 9.17) is 4.74 Å². The number of rotatable bonds is 8. The minimum atomic E-state index is -3.04. The number of ether oxygens (including phenoxy) is 2. The first-order valence-electron chi connectivity index (χ1n) is 14.0. The number of hydrogen-bond donors (Lipinski definition) is 3. The normalized spacial score (nSPS) is 18.7. The minimum Gasteiger partial charge on any atom is -0.455 e. The first-order chi connectivity index (χ1) is 20.8. The third-order valence-electron chi connectivity index (χ3n) is 7.70. The molecule has 0 radical (unpaired) electrons. The van der Waals surface area contributed by atoms with Gasteiger partial charge in [-0.25, -0.2) is 0 Å². The summed E-state index contributed by atoms with van der Waals surface area (Å²) in [7, 11) is 0.